The smallest absolute Gasteiger partial charge is 0.254 e. The van der Waals surface area contributed by atoms with Crippen LogP contribution in [0, 0.1) is 0 Å². The molecule has 82 valence electrons. The van der Waals surface area contributed by atoms with Gasteiger partial charge in [0, 0.05) is 16.6 Å². The Bertz CT molecular complexity index is 481. The molecular weight excluding hydrogens is 266 g/mol. The summed E-state index contributed by atoms with van der Waals surface area (Å²) >= 11 is 3.47. The molecule has 1 aromatic rings. The first-order chi connectivity index (χ1) is 7.77. The zero-order chi connectivity index (χ0) is 11.1. The van der Waals surface area contributed by atoms with Crippen molar-refractivity contribution in [3.05, 3.63) is 46.0 Å². The predicted molar refractivity (Wildman–Crippen MR) is 66.3 cm³/mol. The highest BCUT2D eigenvalue weighted by molar-refractivity contribution is 9.10. The number of rotatable bonds is 0. The molecule has 1 amide bonds. The largest absolute Gasteiger partial charge is 0.331 e. The fourth-order valence-electron chi connectivity index (χ4n) is 2.54. The van der Waals surface area contributed by atoms with Crippen molar-refractivity contribution in [1.29, 1.82) is 0 Å². The van der Waals surface area contributed by atoms with Gasteiger partial charge in [-0.15, -0.1) is 0 Å². The number of carbonyl (C=O) groups excluding carboxylic acids is 1. The van der Waals surface area contributed by atoms with Crippen LogP contribution in [-0.4, -0.2) is 17.4 Å². The van der Waals surface area contributed by atoms with Crippen LogP contribution >= 0.6 is 15.9 Å². The first-order valence-electron chi connectivity index (χ1n) is 5.53. The van der Waals surface area contributed by atoms with Crippen LogP contribution in [0.25, 0.3) is 0 Å². The highest BCUT2D eigenvalue weighted by atomic mass is 79.9. The Hall–Kier alpha value is -1.09. The third-order valence-electron chi connectivity index (χ3n) is 3.30. The number of nitrogens with zero attached hydrogens (tertiary/aromatic N) is 1. The third kappa shape index (κ3) is 1.42. The zero-order valence-corrected chi connectivity index (χ0v) is 10.4. The maximum Gasteiger partial charge on any atom is 0.254 e. The van der Waals surface area contributed by atoms with Crippen molar-refractivity contribution in [2.75, 3.05) is 6.54 Å². The quantitative estimate of drug-likeness (QED) is 0.667. The van der Waals surface area contributed by atoms with Crippen LogP contribution in [-0.2, 0) is 0 Å². The number of fused-ring (bicyclic) bond motifs is 3. The third-order valence-corrected chi connectivity index (χ3v) is 3.80. The lowest BCUT2D eigenvalue weighted by atomic mass is 10.0. The zero-order valence-electron chi connectivity index (χ0n) is 8.82. The van der Waals surface area contributed by atoms with Gasteiger partial charge in [0.05, 0.1) is 6.04 Å². The van der Waals surface area contributed by atoms with Gasteiger partial charge in [-0.3, -0.25) is 4.79 Å². The fourth-order valence-corrected chi connectivity index (χ4v) is 2.92. The van der Waals surface area contributed by atoms with E-state index in [-0.39, 0.29) is 11.9 Å². The fraction of sp³-hybridized carbons (Fsp3) is 0.308. The van der Waals surface area contributed by atoms with Gasteiger partial charge in [-0.05, 0) is 36.6 Å². The average Bonchev–Trinajstić information content (AvgIpc) is 2.47. The van der Waals surface area contributed by atoms with E-state index in [2.05, 4.69) is 34.1 Å². The van der Waals surface area contributed by atoms with Crippen LogP contribution < -0.4 is 0 Å². The predicted octanol–water partition coefficient (Wildman–Crippen LogP) is 3.30. The molecule has 0 saturated heterocycles. The van der Waals surface area contributed by atoms with E-state index in [9.17, 15) is 4.79 Å². The second kappa shape index (κ2) is 3.74. The molecule has 1 aromatic carbocycles. The topological polar surface area (TPSA) is 20.3 Å². The van der Waals surface area contributed by atoms with Gasteiger partial charge in [0.25, 0.3) is 5.91 Å². The number of amides is 1. The van der Waals surface area contributed by atoms with Crippen LogP contribution in [0.3, 0.4) is 0 Å². The Kier molecular flexibility index (Phi) is 2.36. The molecule has 0 N–H and O–H groups in total. The van der Waals surface area contributed by atoms with E-state index >= 15 is 0 Å². The molecule has 2 aliphatic heterocycles. The van der Waals surface area contributed by atoms with E-state index in [0.29, 0.717) is 0 Å². The minimum Gasteiger partial charge on any atom is -0.331 e. The summed E-state index contributed by atoms with van der Waals surface area (Å²) in [5.41, 5.74) is 2.05. The molecule has 2 aliphatic rings. The number of hydrogen-bond donors (Lipinski definition) is 0. The summed E-state index contributed by atoms with van der Waals surface area (Å²) in [6.45, 7) is 0.840. The number of halogens is 1. The number of benzene rings is 1. The van der Waals surface area contributed by atoms with Crippen LogP contribution in [0.15, 0.2) is 34.8 Å². The summed E-state index contributed by atoms with van der Waals surface area (Å²) in [5, 5.41) is 0. The van der Waals surface area contributed by atoms with Gasteiger partial charge in [0.15, 0.2) is 0 Å². The standard InChI is InChI=1S/C13H12BrNO/c14-9-5-6-10-11(8-9)12-4-2-1-3-7-15(12)13(10)16/h1-2,5-6,8,12H,3-4,7H2. The Balaban J connectivity index is 2.11. The van der Waals surface area contributed by atoms with E-state index in [4.69, 9.17) is 0 Å². The van der Waals surface area contributed by atoms with E-state index in [0.717, 1.165) is 29.4 Å². The van der Waals surface area contributed by atoms with Gasteiger partial charge < -0.3 is 4.90 Å². The molecule has 2 heterocycles. The van der Waals surface area contributed by atoms with Gasteiger partial charge in [-0.1, -0.05) is 28.1 Å². The molecule has 0 aromatic heterocycles. The highest BCUT2D eigenvalue weighted by Crippen LogP contribution is 2.38. The Morgan fingerprint density at radius 1 is 1.31 bits per heavy atom. The van der Waals surface area contributed by atoms with Crippen molar-refractivity contribution in [2.24, 2.45) is 0 Å². The minimum absolute atomic E-state index is 0.191. The maximum atomic E-state index is 12.2. The molecule has 0 fully saturated rings. The Labute approximate surface area is 103 Å². The molecule has 0 aliphatic carbocycles. The summed E-state index contributed by atoms with van der Waals surface area (Å²) in [7, 11) is 0. The maximum absolute atomic E-state index is 12.2. The lowest BCUT2D eigenvalue weighted by Crippen LogP contribution is -2.27. The second-order valence-corrected chi connectivity index (χ2v) is 5.16. The number of carbonyl (C=O) groups is 1. The number of hydrogen-bond acceptors (Lipinski definition) is 1. The van der Waals surface area contributed by atoms with Gasteiger partial charge in [-0.25, -0.2) is 0 Å². The molecule has 0 saturated carbocycles. The first kappa shape index (κ1) is 10.1. The first-order valence-corrected chi connectivity index (χ1v) is 6.32. The van der Waals surface area contributed by atoms with E-state index in [1.165, 1.54) is 5.56 Å². The van der Waals surface area contributed by atoms with Crippen molar-refractivity contribution >= 4 is 21.8 Å². The van der Waals surface area contributed by atoms with Crippen LogP contribution in [0.4, 0.5) is 0 Å². The van der Waals surface area contributed by atoms with Gasteiger partial charge >= 0.3 is 0 Å². The molecular formula is C13H12BrNO. The summed E-state index contributed by atoms with van der Waals surface area (Å²) in [5.74, 6) is 0.191. The Morgan fingerprint density at radius 2 is 2.19 bits per heavy atom. The lowest BCUT2D eigenvalue weighted by Gasteiger charge is -2.22. The minimum atomic E-state index is 0.191. The van der Waals surface area contributed by atoms with Crippen molar-refractivity contribution in [3.63, 3.8) is 0 Å². The summed E-state index contributed by atoms with van der Waals surface area (Å²) in [4.78, 5) is 14.2. The van der Waals surface area contributed by atoms with E-state index < -0.39 is 0 Å². The molecule has 2 nitrogen and oxygen atoms in total. The molecule has 3 rings (SSSR count). The second-order valence-electron chi connectivity index (χ2n) is 4.24. The molecule has 0 bridgehead atoms. The molecule has 0 radical (unpaired) electrons. The molecule has 0 spiro atoms. The van der Waals surface area contributed by atoms with Crippen LogP contribution in [0.1, 0.15) is 34.8 Å². The summed E-state index contributed by atoms with van der Waals surface area (Å²) in [6, 6.07) is 6.20. The van der Waals surface area contributed by atoms with Crippen molar-refractivity contribution in [1.82, 2.24) is 4.90 Å². The van der Waals surface area contributed by atoms with Crippen molar-refractivity contribution in [2.45, 2.75) is 18.9 Å². The van der Waals surface area contributed by atoms with Crippen molar-refractivity contribution in [3.8, 4) is 0 Å². The summed E-state index contributed by atoms with van der Waals surface area (Å²) in [6.07, 6.45) is 6.27. The molecule has 1 unspecified atom stereocenters. The van der Waals surface area contributed by atoms with E-state index in [1.807, 2.05) is 17.0 Å². The van der Waals surface area contributed by atoms with Crippen LogP contribution in [0.2, 0.25) is 0 Å². The lowest BCUT2D eigenvalue weighted by molar-refractivity contribution is 0.0734. The highest BCUT2D eigenvalue weighted by Gasteiger charge is 2.35. The van der Waals surface area contributed by atoms with Gasteiger partial charge in [0.2, 0.25) is 0 Å². The average molecular weight is 278 g/mol. The molecule has 3 heteroatoms. The van der Waals surface area contributed by atoms with Crippen LogP contribution in [0.5, 0.6) is 0 Å². The SMILES string of the molecule is O=C1c2ccc(Br)cc2C2CC=CCCN12. The van der Waals surface area contributed by atoms with Crippen molar-refractivity contribution < 1.29 is 4.79 Å². The van der Waals surface area contributed by atoms with E-state index in [1.54, 1.807) is 0 Å². The summed E-state index contributed by atoms with van der Waals surface area (Å²) < 4.78 is 1.05. The molecule has 16 heavy (non-hydrogen) atoms. The monoisotopic (exact) mass is 277 g/mol. The van der Waals surface area contributed by atoms with Gasteiger partial charge in [0.1, 0.15) is 0 Å². The Morgan fingerprint density at radius 3 is 3.06 bits per heavy atom. The normalized spacial score (nSPS) is 22.9. The van der Waals surface area contributed by atoms with Gasteiger partial charge in [-0.2, -0.15) is 0 Å². The molecule has 1 atom stereocenters.